The first-order valence-corrected chi connectivity index (χ1v) is 9.31. The summed E-state index contributed by atoms with van der Waals surface area (Å²) in [6, 6.07) is -1.29. The molecule has 0 aromatic heterocycles. The Balaban J connectivity index is -0.000000372. The molecule has 0 bridgehead atoms. The maximum atomic E-state index is 10.3. The molecule has 30 heavy (non-hydrogen) atoms. The number of unbranched alkanes of at least 4 members (excludes halogenated alkanes) is 1. The molecule has 14 heteroatoms. The number of guanidine groups is 1. The predicted molar refractivity (Wildman–Crippen MR) is 111 cm³/mol. The van der Waals surface area contributed by atoms with Gasteiger partial charge in [0.2, 0.25) is 0 Å². The fourth-order valence-corrected chi connectivity index (χ4v) is 1.45. The number of quaternary nitrogens is 1. The number of aliphatic hydroxyl groups is 3. The molecule has 0 aliphatic carbocycles. The standard InChI is InChI=1S/C6H14N4O2.C6H14N2O2.C4H11NO3/c7-4(5(11)12)2-1-3-10-6(8)9;7-4-2-1-3-5(8)6(9)10;5-4(1-6,2-7)3-8/h4H,1-3,7H2,(H,11,12)(H4,8,9,10);5H,1-4,7-8H2,(H,9,10);6-8H,1-3,5H2/p+1/t4-;5-;/m00./s1. The van der Waals surface area contributed by atoms with Crippen LogP contribution >= 0.6 is 0 Å². The molecule has 180 valence electrons. The predicted octanol–water partition coefficient (Wildman–Crippen LogP) is -5.08. The summed E-state index contributed by atoms with van der Waals surface area (Å²) < 4.78 is 0. The van der Waals surface area contributed by atoms with Crippen molar-refractivity contribution < 1.29 is 40.9 Å². The fourth-order valence-electron chi connectivity index (χ4n) is 1.45. The van der Waals surface area contributed by atoms with E-state index in [-0.39, 0.29) is 5.96 Å². The average Bonchev–Trinajstić information content (AvgIpc) is 2.71. The molecule has 0 saturated carbocycles. The molecule has 0 aromatic carbocycles. The van der Waals surface area contributed by atoms with Gasteiger partial charge in [-0.05, 0) is 25.8 Å². The topological polar surface area (TPSA) is 305 Å². The van der Waals surface area contributed by atoms with Crippen molar-refractivity contribution in [2.75, 3.05) is 32.9 Å². The number of aliphatic imine (C=N–C) groups is 1. The van der Waals surface area contributed by atoms with Crippen LogP contribution in [0.3, 0.4) is 0 Å². The zero-order chi connectivity index (χ0) is 24.2. The van der Waals surface area contributed by atoms with Gasteiger partial charge in [-0.25, -0.2) is 4.79 Å². The van der Waals surface area contributed by atoms with E-state index in [9.17, 15) is 9.59 Å². The molecule has 0 aromatic rings. The van der Waals surface area contributed by atoms with Crippen molar-refractivity contribution in [3.63, 3.8) is 0 Å². The molecule has 18 N–H and O–H groups in total. The van der Waals surface area contributed by atoms with E-state index < -0.39 is 49.4 Å². The highest BCUT2D eigenvalue weighted by Gasteiger charge is 2.20. The molecule has 0 saturated heterocycles. The monoisotopic (exact) mass is 442 g/mol. The highest BCUT2D eigenvalue weighted by Crippen LogP contribution is 1.97. The van der Waals surface area contributed by atoms with Crippen LogP contribution in [0.15, 0.2) is 4.99 Å². The van der Waals surface area contributed by atoms with E-state index in [2.05, 4.69) is 10.7 Å². The van der Waals surface area contributed by atoms with Crippen LogP contribution < -0.4 is 34.4 Å². The zero-order valence-corrected chi connectivity index (χ0v) is 17.3. The minimum atomic E-state index is -1.21. The molecule has 0 aliphatic rings. The second-order valence-electron chi connectivity index (χ2n) is 6.55. The molecule has 0 aliphatic heterocycles. The smallest absolute Gasteiger partial charge is 0.362 e. The summed E-state index contributed by atoms with van der Waals surface area (Å²) in [7, 11) is 0. The van der Waals surface area contributed by atoms with Crippen molar-refractivity contribution >= 4 is 17.9 Å². The van der Waals surface area contributed by atoms with Gasteiger partial charge in [0.25, 0.3) is 0 Å². The summed E-state index contributed by atoms with van der Waals surface area (Å²) in [6.07, 6.45) is 3.29. The lowest BCUT2D eigenvalue weighted by molar-refractivity contribution is -0.409. The van der Waals surface area contributed by atoms with Gasteiger partial charge >= 0.3 is 11.9 Å². The Morgan fingerprint density at radius 1 is 0.933 bits per heavy atom. The van der Waals surface area contributed by atoms with Gasteiger partial charge in [-0.15, -0.1) is 0 Å². The molecule has 0 heterocycles. The van der Waals surface area contributed by atoms with Crippen LogP contribution in [0.25, 0.3) is 0 Å². The quantitative estimate of drug-likeness (QED) is 0.0724. The molecule has 0 amide bonds. The lowest BCUT2D eigenvalue weighted by Gasteiger charge is -2.20. The lowest BCUT2D eigenvalue weighted by atomic mass is 10.1. The van der Waals surface area contributed by atoms with Crippen molar-refractivity contribution in [1.82, 2.24) is 0 Å². The SMILES string of the molecule is NC(CO)(CO)CO.NC(N)=NCCC[C@H]([NH3+])C(=O)O.NCCCC[C@H](N)C(=O)O. The number of aliphatic hydroxyl groups excluding tert-OH is 3. The van der Waals surface area contributed by atoms with Gasteiger partial charge < -0.3 is 59.9 Å². The van der Waals surface area contributed by atoms with Gasteiger partial charge in [-0.1, -0.05) is 6.42 Å². The van der Waals surface area contributed by atoms with Crippen LogP contribution in [0.1, 0.15) is 32.1 Å². The lowest BCUT2D eigenvalue weighted by Crippen LogP contribution is -2.64. The van der Waals surface area contributed by atoms with Crippen LogP contribution in [0.2, 0.25) is 0 Å². The number of carbonyl (C=O) groups is 2. The van der Waals surface area contributed by atoms with E-state index in [0.29, 0.717) is 32.4 Å². The number of carboxylic acids is 2. The van der Waals surface area contributed by atoms with E-state index >= 15 is 0 Å². The minimum Gasteiger partial charge on any atom is -0.480 e. The molecular formula is C16H40N7O7+. The van der Waals surface area contributed by atoms with Crippen molar-refractivity contribution in [1.29, 1.82) is 0 Å². The summed E-state index contributed by atoms with van der Waals surface area (Å²) in [5.41, 5.74) is 27.9. The third-order valence-corrected chi connectivity index (χ3v) is 3.59. The van der Waals surface area contributed by atoms with Crippen molar-refractivity contribution in [2.24, 2.45) is 33.7 Å². The van der Waals surface area contributed by atoms with E-state index in [1.54, 1.807) is 0 Å². The number of hydrogen-bond donors (Lipinski definition) is 11. The van der Waals surface area contributed by atoms with E-state index in [4.69, 9.17) is 54.2 Å². The first-order valence-electron chi connectivity index (χ1n) is 9.31. The van der Waals surface area contributed by atoms with E-state index in [1.807, 2.05) is 0 Å². The number of rotatable bonds is 13. The maximum absolute atomic E-state index is 10.3. The van der Waals surface area contributed by atoms with Gasteiger partial charge in [-0.2, -0.15) is 0 Å². The number of carboxylic acid groups (broad SMARTS) is 2. The molecule has 14 nitrogen and oxygen atoms in total. The highest BCUT2D eigenvalue weighted by atomic mass is 16.4. The number of nitrogens with zero attached hydrogens (tertiary/aromatic N) is 1. The maximum Gasteiger partial charge on any atom is 0.362 e. The number of hydrogen-bond acceptors (Lipinski definition) is 9. The Morgan fingerprint density at radius 2 is 1.43 bits per heavy atom. The summed E-state index contributed by atoms with van der Waals surface area (Å²) in [5, 5.41) is 41.8. The minimum absolute atomic E-state index is 0.0333. The Bertz CT molecular complexity index is 465. The first kappa shape index (κ1) is 32.6. The van der Waals surface area contributed by atoms with Crippen LogP contribution in [0, 0.1) is 0 Å². The van der Waals surface area contributed by atoms with E-state index in [0.717, 1.165) is 12.8 Å². The molecular weight excluding hydrogens is 402 g/mol. The third kappa shape index (κ3) is 22.2. The highest BCUT2D eigenvalue weighted by molar-refractivity contribution is 5.75. The second kappa shape index (κ2) is 20.2. The average molecular weight is 443 g/mol. The van der Waals surface area contributed by atoms with Crippen molar-refractivity contribution in [2.45, 2.75) is 49.7 Å². The van der Waals surface area contributed by atoms with Crippen LogP contribution in [-0.4, -0.2) is 94.0 Å². The number of aliphatic carboxylic acids is 2. The molecule has 0 rings (SSSR count). The molecule has 2 atom stereocenters. The summed E-state index contributed by atoms with van der Waals surface area (Å²) >= 11 is 0. The Morgan fingerprint density at radius 3 is 1.73 bits per heavy atom. The summed E-state index contributed by atoms with van der Waals surface area (Å²) in [6.45, 7) is -0.145. The summed E-state index contributed by atoms with van der Waals surface area (Å²) in [5.74, 6) is -1.79. The van der Waals surface area contributed by atoms with Crippen LogP contribution in [-0.2, 0) is 9.59 Å². The van der Waals surface area contributed by atoms with Crippen molar-refractivity contribution in [3.05, 3.63) is 0 Å². The molecule has 0 unspecified atom stereocenters. The van der Waals surface area contributed by atoms with Gasteiger partial charge in [0.15, 0.2) is 12.0 Å². The third-order valence-electron chi connectivity index (χ3n) is 3.59. The van der Waals surface area contributed by atoms with Gasteiger partial charge in [0.1, 0.15) is 6.04 Å². The fraction of sp³-hybridized carbons (Fsp3) is 0.812. The Kier molecular flexibility index (Phi) is 22.0. The Hall–Kier alpha value is -2.07. The van der Waals surface area contributed by atoms with Crippen molar-refractivity contribution in [3.8, 4) is 0 Å². The summed E-state index contributed by atoms with van der Waals surface area (Å²) in [4.78, 5) is 24.1. The van der Waals surface area contributed by atoms with E-state index in [1.165, 1.54) is 0 Å². The zero-order valence-electron chi connectivity index (χ0n) is 17.3. The molecule has 0 spiro atoms. The van der Waals surface area contributed by atoms with Gasteiger partial charge in [0.05, 0.1) is 25.4 Å². The largest absolute Gasteiger partial charge is 0.480 e. The Labute approximate surface area is 175 Å². The van der Waals surface area contributed by atoms with Crippen LogP contribution in [0.5, 0.6) is 0 Å². The second-order valence-corrected chi connectivity index (χ2v) is 6.55. The van der Waals surface area contributed by atoms with Gasteiger partial charge in [-0.3, -0.25) is 9.79 Å². The number of nitrogens with two attached hydrogens (primary N) is 5. The molecule has 0 radical (unpaired) electrons. The molecule has 0 fully saturated rings. The normalized spacial score (nSPS) is 12.4. The first-order chi connectivity index (χ1) is 13.9. The van der Waals surface area contributed by atoms with Crippen LogP contribution in [0.4, 0.5) is 0 Å². The van der Waals surface area contributed by atoms with Gasteiger partial charge in [0, 0.05) is 13.0 Å².